The molecule has 0 fully saturated rings. The standard InChI is InChI=1S/C16H15BrClNO/c1-10-3-8-14(15(17)9-10)16(20)19-11(2)12-4-6-13(18)7-5-12/h3-9,11H,1-2H3,(H,19,20). The summed E-state index contributed by atoms with van der Waals surface area (Å²) in [6, 6.07) is 13.1. The first-order valence-corrected chi connectivity index (χ1v) is 7.47. The van der Waals surface area contributed by atoms with Crippen molar-refractivity contribution in [2.45, 2.75) is 19.9 Å². The molecule has 20 heavy (non-hydrogen) atoms. The van der Waals surface area contributed by atoms with Crippen molar-refractivity contribution >= 4 is 33.4 Å². The zero-order chi connectivity index (χ0) is 14.7. The summed E-state index contributed by atoms with van der Waals surface area (Å²) in [5.41, 5.74) is 2.77. The van der Waals surface area contributed by atoms with Crippen molar-refractivity contribution in [2.24, 2.45) is 0 Å². The van der Waals surface area contributed by atoms with Crippen LogP contribution in [0.4, 0.5) is 0 Å². The molecule has 0 aliphatic rings. The minimum atomic E-state index is -0.0978. The van der Waals surface area contributed by atoms with E-state index in [9.17, 15) is 4.79 Å². The van der Waals surface area contributed by atoms with Crippen LogP contribution in [0, 0.1) is 6.92 Å². The van der Waals surface area contributed by atoms with Gasteiger partial charge in [0.15, 0.2) is 0 Å². The summed E-state index contributed by atoms with van der Waals surface area (Å²) in [6.45, 7) is 3.94. The molecule has 0 heterocycles. The number of hydrogen-bond acceptors (Lipinski definition) is 1. The van der Waals surface area contributed by atoms with Gasteiger partial charge in [-0.15, -0.1) is 0 Å². The average molecular weight is 353 g/mol. The fourth-order valence-electron chi connectivity index (χ4n) is 1.91. The smallest absolute Gasteiger partial charge is 0.252 e. The van der Waals surface area contributed by atoms with Crippen LogP contribution < -0.4 is 5.32 Å². The molecule has 0 saturated heterocycles. The number of hydrogen-bond donors (Lipinski definition) is 1. The van der Waals surface area contributed by atoms with E-state index in [1.807, 2.05) is 56.3 Å². The minimum absolute atomic E-state index is 0.0760. The molecule has 2 rings (SSSR count). The Hall–Kier alpha value is -1.32. The van der Waals surface area contributed by atoms with E-state index < -0.39 is 0 Å². The van der Waals surface area contributed by atoms with E-state index in [4.69, 9.17) is 11.6 Å². The number of benzene rings is 2. The zero-order valence-electron chi connectivity index (χ0n) is 11.3. The molecule has 104 valence electrons. The first-order valence-electron chi connectivity index (χ1n) is 6.30. The van der Waals surface area contributed by atoms with Crippen molar-refractivity contribution < 1.29 is 4.79 Å². The van der Waals surface area contributed by atoms with Crippen LogP contribution in [0.5, 0.6) is 0 Å². The Morgan fingerprint density at radius 1 is 1.20 bits per heavy atom. The van der Waals surface area contributed by atoms with E-state index in [0.29, 0.717) is 10.6 Å². The van der Waals surface area contributed by atoms with Gasteiger partial charge in [-0.2, -0.15) is 0 Å². The Morgan fingerprint density at radius 2 is 1.85 bits per heavy atom. The molecule has 0 bridgehead atoms. The van der Waals surface area contributed by atoms with Gasteiger partial charge in [0.25, 0.3) is 5.91 Å². The molecule has 0 aliphatic carbocycles. The number of halogens is 2. The molecule has 0 saturated carbocycles. The number of aryl methyl sites for hydroxylation is 1. The number of carbonyl (C=O) groups is 1. The lowest BCUT2D eigenvalue weighted by atomic mass is 10.1. The van der Waals surface area contributed by atoms with Crippen molar-refractivity contribution in [1.82, 2.24) is 5.32 Å². The number of amides is 1. The summed E-state index contributed by atoms with van der Waals surface area (Å²) < 4.78 is 0.804. The molecule has 0 spiro atoms. The van der Waals surface area contributed by atoms with Crippen LogP contribution in [0.3, 0.4) is 0 Å². The molecule has 1 atom stereocenters. The highest BCUT2D eigenvalue weighted by atomic mass is 79.9. The lowest BCUT2D eigenvalue weighted by molar-refractivity contribution is 0.0939. The van der Waals surface area contributed by atoms with Crippen molar-refractivity contribution in [3.05, 3.63) is 68.7 Å². The van der Waals surface area contributed by atoms with Gasteiger partial charge < -0.3 is 5.32 Å². The Morgan fingerprint density at radius 3 is 2.45 bits per heavy atom. The number of carbonyl (C=O) groups excluding carboxylic acids is 1. The molecule has 2 aromatic rings. The van der Waals surface area contributed by atoms with E-state index in [1.165, 1.54) is 0 Å². The second-order valence-electron chi connectivity index (χ2n) is 4.73. The average Bonchev–Trinajstić information content (AvgIpc) is 2.39. The van der Waals surface area contributed by atoms with Gasteiger partial charge in [0.1, 0.15) is 0 Å². The van der Waals surface area contributed by atoms with Crippen LogP contribution in [0.25, 0.3) is 0 Å². The third kappa shape index (κ3) is 3.62. The van der Waals surface area contributed by atoms with Crippen LogP contribution in [0.2, 0.25) is 5.02 Å². The van der Waals surface area contributed by atoms with Crippen molar-refractivity contribution in [1.29, 1.82) is 0 Å². The first kappa shape index (κ1) is 15.1. The maximum atomic E-state index is 12.3. The van der Waals surface area contributed by atoms with Gasteiger partial charge in [0.2, 0.25) is 0 Å². The Balaban J connectivity index is 2.13. The highest BCUT2D eigenvalue weighted by Gasteiger charge is 2.13. The van der Waals surface area contributed by atoms with E-state index in [2.05, 4.69) is 21.2 Å². The Bertz CT molecular complexity index is 625. The summed E-state index contributed by atoms with van der Waals surface area (Å²) in [6.07, 6.45) is 0. The van der Waals surface area contributed by atoms with E-state index >= 15 is 0 Å². The van der Waals surface area contributed by atoms with Gasteiger partial charge in [-0.05, 0) is 65.2 Å². The summed E-state index contributed by atoms with van der Waals surface area (Å²) in [5, 5.41) is 3.67. The molecule has 2 aromatic carbocycles. The van der Waals surface area contributed by atoms with Crippen LogP contribution in [-0.2, 0) is 0 Å². The lowest BCUT2D eigenvalue weighted by Gasteiger charge is -2.15. The van der Waals surface area contributed by atoms with Crippen molar-refractivity contribution in [3.8, 4) is 0 Å². The molecular formula is C16H15BrClNO. The SMILES string of the molecule is Cc1ccc(C(=O)NC(C)c2ccc(Cl)cc2)c(Br)c1. The summed E-state index contributed by atoms with van der Waals surface area (Å²) >= 11 is 9.29. The number of rotatable bonds is 3. The molecular weight excluding hydrogens is 338 g/mol. The monoisotopic (exact) mass is 351 g/mol. The second-order valence-corrected chi connectivity index (χ2v) is 6.02. The topological polar surface area (TPSA) is 29.1 Å². The molecule has 1 N–H and O–H groups in total. The molecule has 0 aromatic heterocycles. The Kier molecular flexibility index (Phi) is 4.84. The van der Waals surface area contributed by atoms with Gasteiger partial charge in [-0.25, -0.2) is 0 Å². The highest BCUT2D eigenvalue weighted by Crippen LogP contribution is 2.20. The molecule has 0 radical (unpaired) electrons. The molecule has 0 aliphatic heterocycles. The van der Waals surface area contributed by atoms with Gasteiger partial charge in [0.05, 0.1) is 11.6 Å². The largest absolute Gasteiger partial charge is 0.345 e. The van der Waals surface area contributed by atoms with Gasteiger partial charge in [-0.3, -0.25) is 4.79 Å². The van der Waals surface area contributed by atoms with Crippen LogP contribution in [0.15, 0.2) is 46.9 Å². The quantitative estimate of drug-likeness (QED) is 0.836. The molecule has 1 unspecified atom stereocenters. The molecule has 1 amide bonds. The molecule has 2 nitrogen and oxygen atoms in total. The van der Waals surface area contributed by atoms with Crippen LogP contribution in [-0.4, -0.2) is 5.91 Å². The predicted octanol–water partition coefficient (Wildman–Crippen LogP) is 4.90. The minimum Gasteiger partial charge on any atom is -0.345 e. The van der Waals surface area contributed by atoms with Gasteiger partial charge in [-0.1, -0.05) is 29.8 Å². The maximum Gasteiger partial charge on any atom is 0.252 e. The summed E-state index contributed by atoms with van der Waals surface area (Å²) in [5.74, 6) is -0.0978. The van der Waals surface area contributed by atoms with Crippen molar-refractivity contribution in [2.75, 3.05) is 0 Å². The van der Waals surface area contributed by atoms with Gasteiger partial charge in [0, 0.05) is 9.50 Å². The van der Waals surface area contributed by atoms with Gasteiger partial charge >= 0.3 is 0 Å². The maximum absolute atomic E-state index is 12.3. The summed E-state index contributed by atoms with van der Waals surface area (Å²) in [4.78, 5) is 12.3. The first-order chi connectivity index (χ1) is 9.47. The van der Waals surface area contributed by atoms with E-state index in [-0.39, 0.29) is 11.9 Å². The fourth-order valence-corrected chi connectivity index (χ4v) is 2.71. The van der Waals surface area contributed by atoms with E-state index in [0.717, 1.165) is 15.6 Å². The fraction of sp³-hybridized carbons (Fsp3) is 0.188. The Labute approximate surface area is 132 Å². The lowest BCUT2D eigenvalue weighted by Crippen LogP contribution is -2.26. The summed E-state index contributed by atoms with van der Waals surface area (Å²) in [7, 11) is 0. The second kappa shape index (κ2) is 6.42. The van der Waals surface area contributed by atoms with Crippen LogP contribution >= 0.6 is 27.5 Å². The predicted molar refractivity (Wildman–Crippen MR) is 86.2 cm³/mol. The normalized spacial score (nSPS) is 12.0. The molecule has 4 heteroatoms. The third-order valence-electron chi connectivity index (χ3n) is 3.09. The zero-order valence-corrected chi connectivity index (χ0v) is 13.6. The van der Waals surface area contributed by atoms with Crippen LogP contribution in [0.1, 0.15) is 34.5 Å². The third-order valence-corrected chi connectivity index (χ3v) is 3.99. The van der Waals surface area contributed by atoms with E-state index in [1.54, 1.807) is 0 Å². The number of nitrogens with one attached hydrogen (secondary N) is 1. The van der Waals surface area contributed by atoms with Crippen molar-refractivity contribution in [3.63, 3.8) is 0 Å². The highest BCUT2D eigenvalue weighted by molar-refractivity contribution is 9.10.